The van der Waals surface area contributed by atoms with Crippen molar-refractivity contribution in [2.75, 3.05) is 21.3 Å². The normalized spacial score (nSPS) is 11.5. The SMILES string of the molecule is COc1cc(CNC(=O)NC(C)c2ccc(Cl)cc2Cl)cc(OC)c1OC. The minimum atomic E-state index is -0.331. The molecule has 0 heterocycles. The number of ether oxygens (including phenoxy) is 3. The molecule has 2 amide bonds. The molecule has 0 saturated heterocycles. The van der Waals surface area contributed by atoms with Crippen LogP contribution < -0.4 is 24.8 Å². The van der Waals surface area contributed by atoms with Gasteiger partial charge in [0.2, 0.25) is 5.75 Å². The molecule has 1 atom stereocenters. The number of carbonyl (C=O) groups is 1. The number of hydrogen-bond acceptors (Lipinski definition) is 4. The molecule has 8 heteroatoms. The van der Waals surface area contributed by atoms with Gasteiger partial charge < -0.3 is 24.8 Å². The number of methoxy groups -OCH3 is 3. The van der Waals surface area contributed by atoms with Crippen LogP contribution >= 0.6 is 23.2 Å². The van der Waals surface area contributed by atoms with Gasteiger partial charge in [0, 0.05) is 16.6 Å². The third kappa shape index (κ3) is 5.34. The predicted molar refractivity (Wildman–Crippen MR) is 106 cm³/mol. The van der Waals surface area contributed by atoms with Crippen molar-refractivity contribution in [2.24, 2.45) is 0 Å². The number of benzene rings is 2. The molecule has 27 heavy (non-hydrogen) atoms. The van der Waals surface area contributed by atoms with E-state index >= 15 is 0 Å². The van der Waals surface area contributed by atoms with Crippen LogP contribution in [0.5, 0.6) is 17.2 Å². The number of nitrogens with one attached hydrogen (secondary N) is 2. The summed E-state index contributed by atoms with van der Waals surface area (Å²) in [5, 5.41) is 6.69. The zero-order valence-electron chi connectivity index (χ0n) is 15.6. The maximum Gasteiger partial charge on any atom is 0.315 e. The van der Waals surface area contributed by atoms with Crippen LogP contribution in [-0.2, 0) is 6.54 Å². The van der Waals surface area contributed by atoms with Crippen LogP contribution in [0.4, 0.5) is 4.79 Å². The second-order valence-electron chi connectivity index (χ2n) is 5.75. The fourth-order valence-corrected chi connectivity index (χ4v) is 3.17. The average molecular weight is 413 g/mol. The Morgan fingerprint density at radius 1 is 1.04 bits per heavy atom. The predicted octanol–water partition coefficient (Wildman–Crippen LogP) is 4.58. The van der Waals surface area contributed by atoms with Gasteiger partial charge >= 0.3 is 6.03 Å². The second kappa shape index (κ2) is 9.58. The van der Waals surface area contributed by atoms with Gasteiger partial charge in [-0.2, -0.15) is 0 Å². The standard InChI is InChI=1S/C19H22Cl2N2O4/c1-11(14-6-5-13(20)9-15(14)21)23-19(24)22-10-12-7-16(25-2)18(27-4)17(8-12)26-3/h5-9,11H,10H2,1-4H3,(H2,22,23,24). The molecule has 1 unspecified atom stereocenters. The van der Waals surface area contributed by atoms with Gasteiger partial charge in [-0.1, -0.05) is 29.3 Å². The van der Waals surface area contributed by atoms with E-state index in [1.807, 2.05) is 6.92 Å². The summed E-state index contributed by atoms with van der Waals surface area (Å²) in [7, 11) is 4.62. The molecule has 0 aromatic heterocycles. The quantitative estimate of drug-likeness (QED) is 0.697. The lowest BCUT2D eigenvalue weighted by Gasteiger charge is -2.17. The summed E-state index contributed by atoms with van der Waals surface area (Å²) in [6.07, 6.45) is 0. The topological polar surface area (TPSA) is 68.8 Å². The van der Waals surface area contributed by atoms with Crippen LogP contribution in [0.1, 0.15) is 24.1 Å². The van der Waals surface area contributed by atoms with Crippen LogP contribution in [0, 0.1) is 0 Å². The molecule has 0 aliphatic heterocycles. The first-order valence-corrected chi connectivity index (χ1v) is 8.93. The van der Waals surface area contributed by atoms with Crippen LogP contribution in [0.2, 0.25) is 10.0 Å². The lowest BCUT2D eigenvalue weighted by molar-refractivity contribution is 0.237. The van der Waals surface area contributed by atoms with E-state index in [-0.39, 0.29) is 18.6 Å². The maximum atomic E-state index is 12.2. The number of hydrogen-bond donors (Lipinski definition) is 2. The highest BCUT2D eigenvalue weighted by atomic mass is 35.5. The van der Waals surface area contributed by atoms with Crippen LogP contribution in [-0.4, -0.2) is 27.4 Å². The van der Waals surface area contributed by atoms with E-state index in [2.05, 4.69) is 10.6 Å². The molecule has 2 rings (SSSR count). The molecular formula is C19H22Cl2N2O4. The summed E-state index contributed by atoms with van der Waals surface area (Å²) in [4.78, 5) is 12.2. The van der Waals surface area contributed by atoms with E-state index in [1.165, 1.54) is 7.11 Å². The van der Waals surface area contributed by atoms with Crippen LogP contribution in [0.3, 0.4) is 0 Å². The Labute approximate surface area is 168 Å². The van der Waals surface area contributed by atoms with Gasteiger partial charge in [-0.25, -0.2) is 4.79 Å². The number of urea groups is 1. The first-order valence-electron chi connectivity index (χ1n) is 8.17. The van der Waals surface area contributed by atoms with E-state index in [9.17, 15) is 4.79 Å². The molecule has 0 aliphatic rings. The van der Waals surface area contributed by atoms with Gasteiger partial charge in [0.1, 0.15) is 0 Å². The van der Waals surface area contributed by atoms with Gasteiger partial charge in [0.15, 0.2) is 11.5 Å². The first kappa shape index (κ1) is 21.0. The Morgan fingerprint density at radius 3 is 2.19 bits per heavy atom. The van der Waals surface area contributed by atoms with Crippen LogP contribution in [0.25, 0.3) is 0 Å². The zero-order chi connectivity index (χ0) is 20.0. The van der Waals surface area contributed by atoms with E-state index < -0.39 is 0 Å². The molecule has 0 radical (unpaired) electrons. The zero-order valence-corrected chi connectivity index (χ0v) is 17.1. The minimum absolute atomic E-state index is 0.281. The Bertz CT molecular complexity index is 789. The monoisotopic (exact) mass is 412 g/mol. The molecule has 0 saturated carbocycles. The molecule has 0 spiro atoms. The van der Waals surface area contributed by atoms with E-state index in [0.29, 0.717) is 27.3 Å². The second-order valence-corrected chi connectivity index (χ2v) is 6.59. The summed E-state index contributed by atoms with van der Waals surface area (Å²) in [5.74, 6) is 1.55. The molecular weight excluding hydrogens is 391 g/mol. The van der Waals surface area contributed by atoms with E-state index in [4.69, 9.17) is 37.4 Å². The molecule has 0 fully saturated rings. The van der Waals surface area contributed by atoms with Crippen molar-refractivity contribution >= 4 is 29.2 Å². The maximum absolute atomic E-state index is 12.2. The number of amides is 2. The van der Waals surface area contributed by atoms with Gasteiger partial charge in [-0.15, -0.1) is 0 Å². The summed E-state index contributed by atoms with van der Waals surface area (Å²) >= 11 is 12.1. The Morgan fingerprint density at radius 2 is 1.67 bits per heavy atom. The number of rotatable bonds is 7. The fraction of sp³-hybridized carbons (Fsp3) is 0.316. The summed E-state index contributed by atoms with van der Waals surface area (Å²) in [5.41, 5.74) is 1.58. The Kier molecular flexibility index (Phi) is 7.45. The molecule has 6 nitrogen and oxygen atoms in total. The van der Waals surface area contributed by atoms with Crippen molar-refractivity contribution in [3.05, 3.63) is 51.5 Å². The van der Waals surface area contributed by atoms with Gasteiger partial charge in [0.25, 0.3) is 0 Å². The molecule has 2 aromatic carbocycles. The highest BCUT2D eigenvalue weighted by Gasteiger charge is 2.15. The smallest absolute Gasteiger partial charge is 0.315 e. The lowest BCUT2D eigenvalue weighted by atomic mass is 10.1. The summed E-state index contributed by atoms with van der Waals surface area (Å²) in [6, 6.07) is 8.10. The van der Waals surface area contributed by atoms with Crippen molar-refractivity contribution in [3.63, 3.8) is 0 Å². The Hall–Kier alpha value is -2.31. The molecule has 2 N–H and O–H groups in total. The van der Waals surface area contributed by atoms with E-state index in [1.54, 1.807) is 44.6 Å². The summed E-state index contributed by atoms with van der Waals surface area (Å²) in [6.45, 7) is 2.12. The van der Waals surface area contributed by atoms with Crippen molar-refractivity contribution in [3.8, 4) is 17.2 Å². The first-order chi connectivity index (χ1) is 12.9. The van der Waals surface area contributed by atoms with Crippen molar-refractivity contribution in [2.45, 2.75) is 19.5 Å². The van der Waals surface area contributed by atoms with Crippen LogP contribution in [0.15, 0.2) is 30.3 Å². The largest absolute Gasteiger partial charge is 0.493 e. The van der Waals surface area contributed by atoms with Crippen molar-refractivity contribution in [1.82, 2.24) is 10.6 Å². The lowest BCUT2D eigenvalue weighted by Crippen LogP contribution is -2.36. The highest BCUT2D eigenvalue weighted by molar-refractivity contribution is 6.35. The third-order valence-electron chi connectivity index (χ3n) is 3.95. The number of halogens is 2. The number of carbonyl (C=O) groups excluding carboxylic acids is 1. The third-order valence-corrected chi connectivity index (χ3v) is 4.52. The van der Waals surface area contributed by atoms with Crippen molar-refractivity contribution in [1.29, 1.82) is 0 Å². The molecule has 2 aromatic rings. The average Bonchev–Trinajstić information content (AvgIpc) is 2.65. The molecule has 0 aliphatic carbocycles. The van der Waals surface area contributed by atoms with Crippen molar-refractivity contribution < 1.29 is 19.0 Å². The van der Waals surface area contributed by atoms with E-state index in [0.717, 1.165) is 11.1 Å². The van der Waals surface area contributed by atoms with Gasteiger partial charge in [-0.05, 0) is 42.3 Å². The van der Waals surface area contributed by atoms with Gasteiger partial charge in [-0.3, -0.25) is 0 Å². The molecule has 146 valence electrons. The van der Waals surface area contributed by atoms with Gasteiger partial charge in [0.05, 0.1) is 27.4 Å². The summed E-state index contributed by atoms with van der Waals surface area (Å²) < 4.78 is 15.9. The molecule has 0 bridgehead atoms. The minimum Gasteiger partial charge on any atom is -0.493 e. The Balaban J connectivity index is 2.02. The fourth-order valence-electron chi connectivity index (χ4n) is 2.60. The highest BCUT2D eigenvalue weighted by Crippen LogP contribution is 2.38.